The minimum Gasteiger partial charge on any atom is -0.356 e. The number of amides is 1. The Bertz CT molecular complexity index is 190. The minimum atomic E-state index is 0.185. The molecule has 0 aliphatic carbocycles. The van der Waals surface area contributed by atoms with Crippen LogP contribution in [-0.2, 0) is 4.79 Å². The molecule has 0 rings (SSSR count). The van der Waals surface area contributed by atoms with Crippen molar-refractivity contribution >= 4 is 21.8 Å². The van der Waals surface area contributed by atoms with Crippen LogP contribution in [0.2, 0.25) is 0 Å². The number of alkyl halides is 1. The monoisotopic (exact) mass is 277 g/mol. The Morgan fingerprint density at radius 1 is 1.33 bits per heavy atom. The zero-order chi connectivity index (χ0) is 11.9. The average molecular weight is 278 g/mol. The lowest BCUT2D eigenvalue weighted by molar-refractivity contribution is -0.121. The number of carbonyl (C=O) groups excluding carboxylic acids is 1. The molecule has 3 heteroatoms. The first kappa shape index (κ1) is 14.9. The molecule has 0 spiro atoms. The van der Waals surface area contributed by atoms with E-state index in [2.05, 4.69) is 48.9 Å². The van der Waals surface area contributed by atoms with Crippen LogP contribution in [0.4, 0.5) is 0 Å². The van der Waals surface area contributed by atoms with E-state index in [1.54, 1.807) is 0 Å². The number of hydrogen-bond acceptors (Lipinski definition) is 1. The van der Waals surface area contributed by atoms with Gasteiger partial charge in [-0.05, 0) is 24.2 Å². The van der Waals surface area contributed by atoms with Crippen molar-refractivity contribution in [2.45, 2.75) is 47.0 Å². The molecular weight excluding hydrogens is 254 g/mol. The van der Waals surface area contributed by atoms with Crippen LogP contribution < -0.4 is 5.32 Å². The molecule has 0 radical (unpaired) electrons. The molecule has 0 aliphatic heterocycles. The maximum absolute atomic E-state index is 11.5. The molecule has 15 heavy (non-hydrogen) atoms. The van der Waals surface area contributed by atoms with E-state index in [9.17, 15) is 4.79 Å². The van der Waals surface area contributed by atoms with Crippen molar-refractivity contribution < 1.29 is 4.79 Å². The minimum absolute atomic E-state index is 0.185. The van der Waals surface area contributed by atoms with E-state index in [0.29, 0.717) is 12.3 Å². The van der Waals surface area contributed by atoms with E-state index >= 15 is 0 Å². The Morgan fingerprint density at radius 3 is 2.40 bits per heavy atom. The molecule has 0 aliphatic rings. The first-order valence-corrected chi connectivity index (χ1v) is 6.85. The van der Waals surface area contributed by atoms with Gasteiger partial charge in [-0.15, -0.1) is 0 Å². The van der Waals surface area contributed by atoms with Gasteiger partial charge in [-0.25, -0.2) is 0 Å². The Labute approximate surface area is 102 Å². The van der Waals surface area contributed by atoms with E-state index < -0.39 is 0 Å². The van der Waals surface area contributed by atoms with Gasteiger partial charge in [-0.3, -0.25) is 4.79 Å². The van der Waals surface area contributed by atoms with Crippen molar-refractivity contribution in [2.75, 3.05) is 11.9 Å². The fourth-order valence-corrected chi connectivity index (χ4v) is 1.40. The lowest BCUT2D eigenvalue weighted by Gasteiger charge is -2.29. The lowest BCUT2D eigenvalue weighted by Crippen LogP contribution is -2.36. The van der Waals surface area contributed by atoms with Crippen molar-refractivity contribution in [2.24, 2.45) is 11.3 Å². The molecule has 1 N–H and O–H groups in total. The number of hydrogen-bond donors (Lipinski definition) is 1. The van der Waals surface area contributed by atoms with E-state index in [4.69, 9.17) is 0 Å². The van der Waals surface area contributed by atoms with Gasteiger partial charge in [0.15, 0.2) is 0 Å². The van der Waals surface area contributed by atoms with Gasteiger partial charge in [0.05, 0.1) is 0 Å². The Balaban J connectivity index is 3.71. The summed E-state index contributed by atoms with van der Waals surface area (Å²) in [5.41, 5.74) is 0.186. The maximum atomic E-state index is 11.5. The summed E-state index contributed by atoms with van der Waals surface area (Å²) in [4.78, 5) is 11.5. The Kier molecular flexibility index (Phi) is 7.24. The van der Waals surface area contributed by atoms with Crippen LogP contribution in [0.15, 0.2) is 0 Å². The molecular formula is C12H24BrNO. The first-order chi connectivity index (χ1) is 6.90. The highest BCUT2D eigenvalue weighted by atomic mass is 79.9. The molecule has 0 aromatic rings. The largest absolute Gasteiger partial charge is 0.356 e. The Morgan fingerprint density at radius 2 is 1.93 bits per heavy atom. The highest BCUT2D eigenvalue weighted by Gasteiger charge is 2.22. The van der Waals surface area contributed by atoms with Gasteiger partial charge in [-0.1, -0.05) is 43.6 Å². The van der Waals surface area contributed by atoms with Crippen molar-refractivity contribution in [1.29, 1.82) is 0 Å². The highest BCUT2D eigenvalue weighted by Crippen LogP contribution is 2.24. The zero-order valence-electron chi connectivity index (χ0n) is 10.4. The fourth-order valence-electron chi connectivity index (χ4n) is 0.999. The summed E-state index contributed by atoms with van der Waals surface area (Å²) >= 11 is 3.36. The molecule has 0 fully saturated rings. The molecule has 0 bridgehead atoms. The van der Waals surface area contributed by atoms with E-state index in [1.807, 2.05) is 0 Å². The number of carbonyl (C=O) groups is 1. The third kappa shape index (κ3) is 6.93. The second kappa shape index (κ2) is 7.26. The maximum Gasteiger partial charge on any atom is 0.220 e. The third-order valence-corrected chi connectivity index (χ3v) is 3.65. The second-order valence-corrected chi connectivity index (χ2v) is 5.86. The lowest BCUT2D eigenvalue weighted by atomic mass is 9.81. The number of nitrogens with one attached hydrogen (secondary N) is 1. The molecule has 0 atom stereocenters. The highest BCUT2D eigenvalue weighted by molar-refractivity contribution is 9.09. The molecule has 0 saturated heterocycles. The van der Waals surface area contributed by atoms with Gasteiger partial charge in [-0.2, -0.15) is 0 Å². The van der Waals surface area contributed by atoms with Gasteiger partial charge in [0.2, 0.25) is 5.91 Å². The van der Waals surface area contributed by atoms with Crippen molar-refractivity contribution in [3.63, 3.8) is 0 Å². The molecule has 0 aromatic heterocycles. The molecule has 0 aromatic carbocycles. The van der Waals surface area contributed by atoms with Crippen LogP contribution in [-0.4, -0.2) is 17.8 Å². The van der Waals surface area contributed by atoms with Crippen LogP contribution in [0.1, 0.15) is 47.0 Å². The van der Waals surface area contributed by atoms with Crippen LogP contribution in [0.25, 0.3) is 0 Å². The number of unbranched alkanes of at least 4 members (excludes halogenated alkanes) is 1. The van der Waals surface area contributed by atoms with Crippen molar-refractivity contribution in [3.05, 3.63) is 0 Å². The SMILES string of the molecule is CC(C)C(C)(C)CNC(=O)CCCCBr. The van der Waals surface area contributed by atoms with Gasteiger partial charge in [0.25, 0.3) is 0 Å². The molecule has 1 amide bonds. The molecule has 90 valence electrons. The van der Waals surface area contributed by atoms with Gasteiger partial charge in [0.1, 0.15) is 0 Å². The smallest absolute Gasteiger partial charge is 0.220 e. The van der Waals surface area contributed by atoms with Crippen LogP contribution in [0.3, 0.4) is 0 Å². The summed E-state index contributed by atoms with van der Waals surface area (Å²) in [6.07, 6.45) is 2.69. The zero-order valence-corrected chi connectivity index (χ0v) is 12.0. The summed E-state index contributed by atoms with van der Waals surface area (Å²) in [5, 5.41) is 3.99. The summed E-state index contributed by atoms with van der Waals surface area (Å²) in [5.74, 6) is 0.769. The van der Waals surface area contributed by atoms with Gasteiger partial charge in [0, 0.05) is 18.3 Å². The predicted octanol–water partition coefficient (Wildman–Crippen LogP) is 3.35. The van der Waals surface area contributed by atoms with Crippen molar-refractivity contribution in [3.8, 4) is 0 Å². The van der Waals surface area contributed by atoms with Crippen LogP contribution in [0.5, 0.6) is 0 Å². The predicted molar refractivity (Wildman–Crippen MR) is 69.3 cm³/mol. The Hall–Kier alpha value is -0.0500. The topological polar surface area (TPSA) is 29.1 Å². The van der Waals surface area contributed by atoms with E-state index in [0.717, 1.165) is 24.7 Å². The quantitative estimate of drug-likeness (QED) is 0.561. The number of halogens is 1. The van der Waals surface area contributed by atoms with Crippen molar-refractivity contribution in [1.82, 2.24) is 5.32 Å². The van der Waals surface area contributed by atoms with E-state index in [-0.39, 0.29) is 11.3 Å². The summed E-state index contributed by atoms with van der Waals surface area (Å²) in [6, 6.07) is 0. The molecule has 0 saturated carbocycles. The molecule has 2 nitrogen and oxygen atoms in total. The fraction of sp³-hybridized carbons (Fsp3) is 0.917. The summed E-state index contributed by atoms with van der Waals surface area (Å²) < 4.78 is 0. The average Bonchev–Trinajstić information content (AvgIpc) is 2.15. The summed E-state index contributed by atoms with van der Waals surface area (Å²) in [6.45, 7) is 9.54. The normalized spacial score (nSPS) is 11.9. The number of rotatable bonds is 7. The standard InChI is InChI=1S/C12H24BrNO/c1-10(2)12(3,4)9-14-11(15)7-5-6-8-13/h10H,5-9H2,1-4H3,(H,14,15). The van der Waals surface area contributed by atoms with Gasteiger partial charge >= 0.3 is 0 Å². The summed E-state index contributed by atoms with van der Waals surface area (Å²) in [7, 11) is 0. The third-order valence-electron chi connectivity index (χ3n) is 3.09. The van der Waals surface area contributed by atoms with Gasteiger partial charge < -0.3 is 5.32 Å². The second-order valence-electron chi connectivity index (χ2n) is 5.07. The molecule has 0 heterocycles. The van der Waals surface area contributed by atoms with Crippen LogP contribution >= 0.6 is 15.9 Å². The molecule has 0 unspecified atom stereocenters. The van der Waals surface area contributed by atoms with Crippen LogP contribution in [0, 0.1) is 11.3 Å². The first-order valence-electron chi connectivity index (χ1n) is 5.73. The van der Waals surface area contributed by atoms with E-state index in [1.165, 1.54) is 0 Å².